The molecule has 1 aromatic heterocycles. The average molecular weight is 274 g/mol. The van der Waals surface area contributed by atoms with Crippen LogP contribution in [0.1, 0.15) is 26.4 Å². The molecule has 2 rings (SSSR count). The SMILES string of the molecule is COC(=O)c1cc(OC(=O)c2cccc(C)c2)nn1C. The highest BCUT2D eigenvalue weighted by molar-refractivity contribution is 5.92. The highest BCUT2D eigenvalue weighted by Crippen LogP contribution is 2.14. The van der Waals surface area contributed by atoms with E-state index in [2.05, 4.69) is 9.84 Å². The number of aryl methyl sites for hydroxylation is 2. The van der Waals surface area contributed by atoms with Crippen molar-refractivity contribution >= 4 is 11.9 Å². The third-order valence-corrected chi connectivity index (χ3v) is 2.70. The van der Waals surface area contributed by atoms with Gasteiger partial charge in [0.25, 0.3) is 0 Å². The van der Waals surface area contributed by atoms with Crippen molar-refractivity contribution in [1.29, 1.82) is 0 Å². The van der Waals surface area contributed by atoms with Gasteiger partial charge in [0.15, 0.2) is 0 Å². The Morgan fingerprint density at radius 2 is 1.95 bits per heavy atom. The van der Waals surface area contributed by atoms with Gasteiger partial charge in [0.1, 0.15) is 5.69 Å². The third kappa shape index (κ3) is 2.85. The fraction of sp³-hybridized carbons (Fsp3) is 0.214. The molecule has 0 bridgehead atoms. The van der Waals surface area contributed by atoms with E-state index in [1.807, 2.05) is 13.0 Å². The van der Waals surface area contributed by atoms with Crippen LogP contribution in [0.25, 0.3) is 0 Å². The largest absolute Gasteiger partial charge is 0.464 e. The maximum atomic E-state index is 11.9. The molecule has 2 aromatic rings. The predicted octanol–water partition coefficient (Wildman–Crippen LogP) is 1.73. The smallest absolute Gasteiger partial charge is 0.356 e. The summed E-state index contributed by atoms with van der Waals surface area (Å²) < 4.78 is 11.0. The Labute approximate surface area is 115 Å². The van der Waals surface area contributed by atoms with Gasteiger partial charge < -0.3 is 9.47 Å². The fourth-order valence-electron chi connectivity index (χ4n) is 1.71. The Balaban J connectivity index is 2.18. The van der Waals surface area contributed by atoms with Gasteiger partial charge in [0.05, 0.1) is 12.7 Å². The lowest BCUT2D eigenvalue weighted by molar-refractivity contribution is 0.0587. The highest BCUT2D eigenvalue weighted by Gasteiger charge is 2.17. The summed E-state index contributed by atoms with van der Waals surface area (Å²) in [5.74, 6) is -1.01. The van der Waals surface area contributed by atoms with E-state index in [4.69, 9.17) is 4.74 Å². The molecule has 1 aromatic carbocycles. The summed E-state index contributed by atoms with van der Waals surface area (Å²) >= 11 is 0. The van der Waals surface area contributed by atoms with Crippen LogP contribution in [-0.2, 0) is 11.8 Å². The topological polar surface area (TPSA) is 70.4 Å². The molecule has 0 unspecified atom stereocenters. The maximum Gasteiger partial charge on any atom is 0.356 e. The van der Waals surface area contributed by atoms with Gasteiger partial charge in [-0.3, -0.25) is 4.68 Å². The van der Waals surface area contributed by atoms with Crippen LogP contribution in [0.4, 0.5) is 0 Å². The molecule has 6 nitrogen and oxygen atoms in total. The molecule has 1 heterocycles. The van der Waals surface area contributed by atoms with Crippen LogP contribution >= 0.6 is 0 Å². The summed E-state index contributed by atoms with van der Waals surface area (Å²) in [6, 6.07) is 8.38. The molecule has 20 heavy (non-hydrogen) atoms. The van der Waals surface area contributed by atoms with E-state index in [1.165, 1.54) is 17.9 Å². The van der Waals surface area contributed by atoms with E-state index in [0.29, 0.717) is 5.56 Å². The van der Waals surface area contributed by atoms with Crippen molar-refractivity contribution < 1.29 is 19.1 Å². The summed E-state index contributed by atoms with van der Waals surface area (Å²) in [6.07, 6.45) is 0. The Kier molecular flexibility index (Phi) is 3.84. The molecular formula is C14H14N2O4. The average Bonchev–Trinajstić information content (AvgIpc) is 2.78. The Bertz CT molecular complexity index is 661. The second-order valence-corrected chi connectivity index (χ2v) is 4.24. The summed E-state index contributed by atoms with van der Waals surface area (Å²) in [4.78, 5) is 23.4. The lowest BCUT2D eigenvalue weighted by atomic mass is 10.1. The summed E-state index contributed by atoms with van der Waals surface area (Å²) in [5, 5.41) is 3.94. The monoisotopic (exact) mass is 274 g/mol. The van der Waals surface area contributed by atoms with Crippen LogP contribution in [0, 0.1) is 6.92 Å². The molecule has 0 saturated heterocycles. The molecule has 104 valence electrons. The van der Waals surface area contributed by atoms with Crippen molar-refractivity contribution in [2.24, 2.45) is 7.05 Å². The number of ether oxygens (including phenoxy) is 2. The first-order chi connectivity index (χ1) is 9.51. The quantitative estimate of drug-likeness (QED) is 0.797. The van der Waals surface area contributed by atoms with Crippen LogP contribution < -0.4 is 4.74 Å². The van der Waals surface area contributed by atoms with Gasteiger partial charge in [-0.2, -0.15) is 0 Å². The van der Waals surface area contributed by atoms with Gasteiger partial charge in [-0.05, 0) is 19.1 Å². The Morgan fingerprint density at radius 1 is 1.20 bits per heavy atom. The number of nitrogens with zero attached hydrogens (tertiary/aromatic N) is 2. The standard InChI is InChI=1S/C14H14N2O4/c1-9-5-4-6-10(7-9)13(17)20-12-8-11(14(18)19-3)16(2)15-12/h4-8H,1-3H3. The predicted molar refractivity (Wildman–Crippen MR) is 70.7 cm³/mol. The molecule has 0 aliphatic heterocycles. The minimum atomic E-state index is -0.544. The van der Waals surface area contributed by atoms with E-state index in [0.717, 1.165) is 5.56 Å². The van der Waals surface area contributed by atoms with Gasteiger partial charge in [0.2, 0.25) is 5.88 Å². The molecular weight excluding hydrogens is 260 g/mol. The number of methoxy groups -OCH3 is 1. The van der Waals surface area contributed by atoms with Crippen molar-refractivity contribution in [1.82, 2.24) is 9.78 Å². The summed E-state index contributed by atoms with van der Waals surface area (Å²) in [6.45, 7) is 1.88. The van der Waals surface area contributed by atoms with E-state index >= 15 is 0 Å². The minimum absolute atomic E-state index is 0.0550. The zero-order valence-electron chi connectivity index (χ0n) is 11.4. The number of rotatable bonds is 3. The first-order valence-corrected chi connectivity index (χ1v) is 5.92. The van der Waals surface area contributed by atoms with Crippen molar-refractivity contribution in [3.63, 3.8) is 0 Å². The Morgan fingerprint density at radius 3 is 2.60 bits per heavy atom. The number of esters is 2. The molecule has 0 spiro atoms. The lowest BCUT2D eigenvalue weighted by Gasteiger charge is -2.01. The molecule has 0 fully saturated rings. The van der Waals surface area contributed by atoms with Gasteiger partial charge in [-0.25, -0.2) is 9.59 Å². The zero-order valence-corrected chi connectivity index (χ0v) is 11.4. The van der Waals surface area contributed by atoms with Gasteiger partial charge in [0, 0.05) is 13.1 Å². The van der Waals surface area contributed by atoms with Crippen molar-refractivity contribution in [3.05, 3.63) is 47.2 Å². The third-order valence-electron chi connectivity index (χ3n) is 2.70. The van der Waals surface area contributed by atoms with E-state index in [-0.39, 0.29) is 11.6 Å². The molecule has 0 aliphatic rings. The molecule has 0 amide bonds. The number of benzene rings is 1. The number of carbonyl (C=O) groups excluding carboxylic acids is 2. The summed E-state index contributed by atoms with van der Waals surface area (Å²) in [5.41, 5.74) is 1.59. The first-order valence-electron chi connectivity index (χ1n) is 5.92. The first kappa shape index (κ1) is 13.8. The normalized spacial score (nSPS) is 10.2. The van der Waals surface area contributed by atoms with E-state index < -0.39 is 11.9 Å². The van der Waals surface area contributed by atoms with Crippen molar-refractivity contribution in [2.75, 3.05) is 7.11 Å². The number of carbonyl (C=O) groups is 2. The van der Waals surface area contributed by atoms with Crippen LogP contribution in [0.15, 0.2) is 30.3 Å². The highest BCUT2D eigenvalue weighted by atomic mass is 16.5. The van der Waals surface area contributed by atoms with Gasteiger partial charge in [-0.15, -0.1) is 5.10 Å². The van der Waals surface area contributed by atoms with E-state index in [9.17, 15) is 9.59 Å². The second kappa shape index (κ2) is 5.56. The second-order valence-electron chi connectivity index (χ2n) is 4.24. The molecule has 0 atom stereocenters. The lowest BCUT2D eigenvalue weighted by Crippen LogP contribution is -2.09. The maximum absolute atomic E-state index is 11.9. The van der Waals surface area contributed by atoms with Crippen LogP contribution in [0.3, 0.4) is 0 Å². The summed E-state index contributed by atoms with van der Waals surface area (Å²) in [7, 11) is 2.84. The molecule has 0 radical (unpaired) electrons. The molecule has 6 heteroatoms. The fourth-order valence-corrected chi connectivity index (χ4v) is 1.71. The molecule has 0 aliphatic carbocycles. The van der Waals surface area contributed by atoms with Crippen LogP contribution in [0.2, 0.25) is 0 Å². The van der Waals surface area contributed by atoms with Crippen LogP contribution in [-0.4, -0.2) is 28.8 Å². The van der Waals surface area contributed by atoms with Crippen molar-refractivity contribution in [3.8, 4) is 5.88 Å². The molecule has 0 N–H and O–H groups in total. The number of hydrogen-bond donors (Lipinski definition) is 0. The van der Waals surface area contributed by atoms with Crippen LogP contribution in [0.5, 0.6) is 5.88 Å². The Hall–Kier alpha value is -2.63. The van der Waals surface area contributed by atoms with E-state index in [1.54, 1.807) is 25.2 Å². The number of hydrogen-bond acceptors (Lipinski definition) is 5. The van der Waals surface area contributed by atoms with Crippen molar-refractivity contribution in [2.45, 2.75) is 6.92 Å². The zero-order chi connectivity index (χ0) is 14.7. The number of aromatic nitrogens is 2. The van der Waals surface area contributed by atoms with Gasteiger partial charge >= 0.3 is 11.9 Å². The molecule has 0 saturated carbocycles. The minimum Gasteiger partial charge on any atom is -0.464 e. The van der Waals surface area contributed by atoms with Gasteiger partial charge in [-0.1, -0.05) is 17.7 Å².